The number of ether oxygens (including phenoxy) is 2. The number of nitrogens with zero attached hydrogens (tertiary/aromatic N) is 1. The van der Waals surface area contributed by atoms with Gasteiger partial charge in [0.05, 0.1) is 23.9 Å². The lowest BCUT2D eigenvalue weighted by atomic mass is 9.57. The molecule has 0 radical (unpaired) electrons. The van der Waals surface area contributed by atoms with Gasteiger partial charge in [-0.25, -0.2) is 4.79 Å². The molecular formula is C37H55NO4. The summed E-state index contributed by atoms with van der Waals surface area (Å²) < 4.78 is 13.1. The zero-order chi connectivity index (χ0) is 29.8. The lowest BCUT2D eigenvalue weighted by Gasteiger charge is -2.48. The van der Waals surface area contributed by atoms with Crippen molar-refractivity contribution >= 4 is 6.09 Å². The number of aliphatic hydroxyl groups excluding tert-OH is 1. The van der Waals surface area contributed by atoms with Crippen LogP contribution in [0.25, 0.3) is 0 Å². The van der Waals surface area contributed by atoms with Gasteiger partial charge < -0.3 is 19.5 Å². The number of amides is 1. The third kappa shape index (κ3) is 5.25. The second-order valence-electron chi connectivity index (χ2n) is 15.5. The van der Waals surface area contributed by atoms with Crippen molar-refractivity contribution in [2.45, 2.75) is 130 Å². The van der Waals surface area contributed by atoms with Crippen molar-refractivity contribution in [1.82, 2.24) is 4.90 Å². The molecule has 2 aliphatic heterocycles. The fourth-order valence-corrected chi connectivity index (χ4v) is 10.4. The minimum absolute atomic E-state index is 0.0762. The molecule has 1 aromatic carbocycles. The summed E-state index contributed by atoms with van der Waals surface area (Å²) in [6.45, 7) is 15.2. The second-order valence-corrected chi connectivity index (χ2v) is 15.5. The Balaban J connectivity index is 1.20. The Morgan fingerprint density at radius 1 is 1.17 bits per heavy atom. The number of piperidine rings is 1. The largest absolute Gasteiger partial charge is 0.445 e. The summed E-state index contributed by atoms with van der Waals surface area (Å²) in [6.07, 6.45) is 9.58. The summed E-state index contributed by atoms with van der Waals surface area (Å²) in [5.74, 6) is 3.40. The Kier molecular flexibility index (Phi) is 8.32. The Hall–Kier alpha value is -1.85. The molecule has 1 spiro atoms. The molecule has 1 unspecified atom stereocenters. The molecule has 3 aliphatic carbocycles. The SMILES string of the molecule is CC[C@H](O)C[C@H]1CCC2[C@@H]3CC[C@@]4(CC(C)=C3C[C@@H]2C1(C)C)O[C@@H]1C[C@H](C)CN(C(=O)OCc2ccccc2)[C@H]1[C@H]4C. The fourth-order valence-electron chi connectivity index (χ4n) is 10.4. The van der Waals surface area contributed by atoms with Crippen molar-refractivity contribution in [2.75, 3.05) is 6.54 Å². The van der Waals surface area contributed by atoms with Crippen LogP contribution in [0.3, 0.4) is 0 Å². The van der Waals surface area contributed by atoms with Crippen LogP contribution in [-0.4, -0.2) is 46.5 Å². The molecular weight excluding hydrogens is 522 g/mol. The van der Waals surface area contributed by atoms with Crippen LogP contribution >= 0.6 is 0 Å². The molecule has 2 saturated carbocycles. The molecule has 2 saturated heterocycles. The van der Waals surface area contributed by atoms with Gasteiger partial charge in [-0.05, 0) is 105 Å². The van der Waals surface area contributed by atoms with Crippen molar-refractivity contribution in [1.29, 1.82) is 0 Å². The van der Waals surface area contributed by atoms with E-state index in [1.54, 1.807) is 11.1 Å². The van der Waals surface area contributed by atoms with E-state index < -0.39 is 0 Å². The molecule has 5 aliphatic rings. The highest BCUT2D eigenvalue weighted by atomic mass is 16.6. The number of hydrogen-bond acceptors (Lipinski definition) is 4. The summed E-state index contributed by atoms with van der Waals surface area (Å²) in [5, 5.41) is 10.5. The lowest BCUT2D eigenvalue weighted by Crippen LogP contribution is -2.54. The average Bonchev–Trinajstić information content (AvgIpc) is 3.43. The quantitative estimate of drug-likeness (QED) is 0.359. The van der Waals surface area contributed by atoms with E-state index in [1.165, 1.54) is 25.7 Å². The number of hydrogen-bond donors (Lipinski definition) is 1. The van der Waals surface area contributed by atoms with Crippen molar-refractivity contribution < 1.29 is 19.4 Å². The second kappa shape index (κ2) is 11.6. The van der Waals surface area contributed by atoms with E-state index in [1.807, 2.05) is 35.2 Å². The molecule has 5 nitrogen and oxygen atoms in total. The number of rotatable bonds is 5. The van der Waals surface area contributed by atoms with Crippen molar-refractivity contribution in [2.24, 2.45) is 40.9 Å². The highest BCUT2D eigenvalue weighted by molar-refractivity contribution is 5.68. The predicted molar refractivity (Wildman–Crippen MR) is 167 cm³/mol. The van der Waals surface area contributed by atoms with Gasteiger partial charge in [-0.1, -0.05) is 76.1 Å². The van der Waals surface area contributed by atoms with E-state index in [0.29, 0.717) is 30.3 Å². The minimum atomic E-state index is -0.202. The van der Waals surface area contributed by atoms with Crippen LogP contribution in [0.4, 0.5) is 4.79 Å². The smallest absolute Gasteiger partial charge is 0.410 e. The number of carbonyl (C=O) groups excluding carboxylic acids is 1. The van der Waals surface area contributed by atoms with Gasteiger partial charge >= 0.3 is 6.09 Å². The van der Waals surface area contributed by atoms with E-state index in [9.17, 15) is 9.90 Å². The van der Waals surface area contributed by atoms with Crippen LogP contribution in [0.5, 0.6) is 0 Å². The first-order chi connectivity index (χ1) is 20.0. The van der Waals surface area contributed by atoms with Gasteiger partial charge in [-0.3, -0.25) is 0 Å². The van der Waals surface area contributed by atoms with Crippen LogP contribution in [-0.2, 0) is 16.1 Å². The van der Waals surface area contributed by atoms with Crippen LogP contribution in [0, 0.1) is 40.9 Å². The van der Waals surface area contributed by atoms with Gasteiger partial charge in [0.2, 0.25) is 0 Å². The zero-order valence-corrected chi connectivity index (χ0v) is 27.0. The number of benzene rings is 1. The topological polar surface area (TPSA) is 59.0 Å². The molecule has 1 N–H and O–H groups in total. The molecule has 0 aromatic heterocycles. The number of fused-ring (bicyclic) bond motifs is 4. The van der Waals surface area contributed by atoms with Gasteiger partial charge in [0.25, 0.3) is 0 Å². The zero-order valence-electron chi connectivity index (χ0n) is 27.0. The van der Waals surface area contributed by atoms with Crippen molar-refractivity contribution in [3.8, 4) is 0 Å². The van der Waals surface area contributed by atoms with Gasteiger partial charge in [-0.15, -0.1) is 0 Å². The van der Waals surface area contributed by atoms with E-state index in [2.05, 4.69) is 41.5 Å². The minimum Gasteiger partial charge on any atom is -0.445 e. The maximum Gasteiger partial charge on any atom is 0.410 e. The Morgan fingerprint density at radius 3 is 2.67 bits per heavy atom. The van der Waals surface area contributed by atoms with Crippen LogP contribution in [0.1, 0.15) is 105 Å². The first-order valence-corrected chi connectivity index (χ1v) is 17.1. The van der Waals surface area contributed by atoms with Gasteiger partial charge in [-0.2, -0.15) is 0 Å². The normalized spacial score (nSPS) is 39.8. The monoisotopic (exact) mass is 577 g/mol. The maximum atomic E-state index is 13.5. The van der Waals surface area contributed by atoms with E-state index in [-0.39, 0.29) is 41.3 Å². The van der Waals surface area contributed by atoms with Gasteiger partial charge in [0.15, 0.2) is 0 Å². The summed E-state index contributed by atoms with van der Waals surface area (Å²) in [7, 11) is 0. The van der Waals surface area contributed by atoms with E-state index in [4.69, 9.17) is 9.47 Å². The molecule has 0 bridgehead atoms. The predicted octanol–water partition coefficient (Wildman–Crippen LogP) is 8.16. The molecule has 1 amide bonds. The third-order valence-electron chi connectivity index (χ3n) is 12.8. The molecule has 42 heavy (non-hydrogen) atoms. The molecule has 1 aromatic rings. The number of allylic oxidation sites excluding steroid dienone is 1. The Bertz CT molecular complexity index is 1160. The summed E-state index contributed by atoms with van der Waals surface area (Å²) in [5.41, 5.74) is 4.37. The number of aliphatic hydroxyl groups is 1. The van der Waals surface area contributed by atoms with Crippen LogP contribution < -0.4 is 0 Å². The first-order valence-electron chi connectivity index (χ1n) is 17.1. The van der Waals surface area contributed by atoms with Gasteiger partial charge in [0, 0.05) is 12.5 Å². The molecule has 232 valence electrons. The van der Waals surface area contributed by atoms with Crippen molar-refractivity contribution in [3.63, 3.8) is 0 Å². The molecule has 10 atom stereocenters. The highest BCUT2D eigenvalue weighted by Crippen LogP contribution is 2.63. The maximum absolute atomic E-state index is 13.5. The number of carbonyl (C=O) groups is 1. The van der Waals surface area contributed by atoms with E-state index in [0.717, 1.165) is 50.1 Å². The van der Waals surface area contributed by atoms with E-state index >= 15 is 0 Å². The fraction of sp³-hybridized carbons (Fsp3) is 0.757. The summed E-state index contributed by atoms with van der Waals surface area (Å²) in [4.78, 5) is 15.5. The van der Waals surface area contributed by atoms with Crippen LogP contribution in [0.15, 0.2) is 41.5 Å². The lowest BCUT2D eigenvalue weighted by molar-refractivity contribution is -0.0793. The van der Waals surface area contributed by atoms with Crippen LogP contribution in [0.2, 0.25) is 0 Å². The Morgan fingerprint density at radius 2 is 1.93 bits per heavy atom. The summed E-state index contributed by atoms with van der Waals surface area (Å²) >= 11 is 0. The molecule has 5 heteroatoms. The standard InChI is InChI=1S/C37H55NO4/c1-7-28(39)18-27-13-14-30-29-15-16-37(20-24(3)31(29)19-32(30)36(27,5)6)25(4)34-33(42-37)17-23(2)21-38(34)35(40)41-22-26-11-9-8-10-12-26/h8-12,23,25,27-30,32-34,39H,7,13-22H2,1-6H3/t23-,25+,27+,28-,29-,30?,32-,33+,34-,37-/m0/s1. The third-order valence-corrected chi connectivity index (χ3v) is 12.8. The molecule has 2 heterocycles. The summed E-state index contributed by atoms with van der Waals surface area (Å²) in [6, 6.07) is 10.1. The molecule has 6 rings (SSSR count). The number of likely N-dealkylation sites (tertiary alicyclic amines) is 1. The van der Waals surface area contributed by atoms with Gasteiger partial charge in [0.1, 0.15) is 6.61 Å². The Labute approximate surface area is 254 Å². The average molecular weight is 578 g/mol. The van der Waals surface area contributed by atoms with Crippen molar-refractivity contribution in [3.05, 3.63) is 47.0 Å². The molecule has 4 fully saturated rings. The highest BCUT2D eigenvalue weighted by Gasteiger charge is 2.60. The first kappa shape index (κ1) is 30.2.